The third-order valence-electron chi connectivity index (χ3n) is 6.97. The molecule has 0 bridgehead atoms. The maximum absolute atomic E-state index is 13.6. The maximum atomic E-state index is 13.6. The first kappa shape index (κ1) is 22.7. The number of hydrogen-bond acceptors (Lipinski definition) is 5. The molecule has 0 saturated carbocycles. The number of ether oxygens (including phenoxy) is 1. The standard InChI is InChI=1S/C23H27Cl2N5O3/c24-16-4-3-15(11-17(16)25)12-21(31)30-10-9-29(23(32)18-5-6-26-27-18)20-14-33-13-19(22(20)30)28-7-1-2-8-28/h3-6,11,19-20,22H,1-2,7-10,12-14H2,(H,26,27)/t19?,20-,22-/m1/s1. The lowest BCUT2D eigenvalue weighted by molar-refractivity contribution is -0.149. The maximum Gasteiger partial charge on any atom is 0.272 e. The van der Waals surface area contributed by atoms with Crippen LogP contribution in [0.2, 0.25) is 10.0 Å². The SMILES string of the molecule is O=C(c1ccn[nH]1)N1CCN(C(=O)Cc2ccc(Cl)c(Cl)c2)[C@@H]2C(N3CCCC3)COC[C@H]21. The summed E-state index contributed by atoms with van der Waals surface area (Å²) in [6, 6.07) is 6.70. The number of piperazine rings is 1. The van der Waals surface area contributed by atoms with Crippen LogP contribution in [0.15, 0.2) is 30.5 Å². The van der Waals surface area contributed by atoms with E-state index in [9.17, 15) is 9.59 Å². The molecule has 3 aliphatic heterocycles. The van der Waals surface area contributed by atoms with Crippen LogP contribution in [0.1, 0.15) is 28.9 Å². The highest BCUT2D eigenvalue weighted by Crippen LogP contribution is 2.31. The minimum Gasteiger partial charge on any atom is -0.378 e. The van der Waals surface area contributed by atoms with E-state index >= 15 is 0 Å². The van der Waals surface area contributed by atoms with Crippen molar-refractivity contribution in [2.24, 2.45) is 0 Å². The molecule has 0 radical (unpaired) electrons. The number of fused-ring (bicyclic) bond motifs is 1. The van der Waals surface area contributed by atoms with Crippen molar-refractivity contribution in [2.75, 3.05) is 39.4 Å². The summed E-state index contributed by atoms with van der Waals surface area (Å²) in [6.45, 7) is 3.87. The van der Waals surface area contributed by atoms with E-state index in [1.807, 2.05) is 15.9 Å². The molecule has 8 nitrogen and oxygen atoms in total. The van der Waals surface area contributed by atoms with Gasteiger partial charge in [-0.05, 0) is 49.7 Å². The number of halogens is 2. The van der Waals surface area contributed by atoms with Gasteiger partial charge in [-0.25, -0.2) is 0 Å². The fourth-order valence-corrected chi connectivity index (χ4v) is 5.70. The first-order chi connectivity index (χ1) is 16.0. The van der Waals surface area contributed by atoms with Crippen molar-refractivity contribution in [1.29, 1.82) is 0 Å². The molecular formula is C23H27Cl2N5O3. The lowest BCUT2D eigenvalue weighted by Crippen LogP contribution is -2.72. The Morgan fingerprint density at radius 1 is 1.00 bits per heavy atom. The minimum atomic E-state index is -0.216. The number of hydrogen-bond donors (Lipinski definition) is 1. The lowest BCUT2D eigenvalue weighted by atomic mass is 9.90. The molecule has 5 rings (SSSR count). The number of carbonyl (C=O) groups is 2. The molecule has 1 aromatic carbocycles. The molecule has 2 amide bonds. The molecule has 2 aromatic rings. The zero-order valence-electron chi connectivity index (χ0n) is 18.3. The Bertz CT molecular complexity index is 1010. The number of benzene rings is 1. The first-order valence-corrected chi connectivity index (χ1v) is 12.1. The molecule has 3 aliphatic rings. The number of nitrogens with one attached hydrogen (secondary N) is 1. The molecule has 33 heavy (non-hydrogen) atoms. The molecule has 3 saturated heterocycles. The van der Waals surface area contributed by atoms with Crippen molar-refractivity contribution < 1.29 is 14.3 Å². The second kappa shape index (κ2) is 9.62. The highest BCUT2D eigenvalue weighted by molar-refractivity contribution is 6.42. The second-order valence-corrected chi connectivity index (χ2v) is 9.70. The molecule has 176 valence electrons. The molecule has 1 unspecified atom stereocenters. The molecule has 0 aliphatic carbocycles. The van der Waals surface area contributed by atoms with Gasteiger partial charge in [0.2, 0.25) is 5.91 Å². The van der Waals surface area contributed by atoms with E-state index in [0.717, 1.165) is 31.5 Å². The number of likely N-dealkylation sites (tertiary alicyclic amines) is 1. The number of aromatic nitrogens is 2. The van der Waals surface area contributed by atoms with Crippen molar-refractivity contribution in [3.8, 4) is 0 Å². The average molecular weight is 492 g/mol. The first-order valence-electron chi connectivity index (χ1n) is 11.4. The largest absolute Gasteiger partial charge is 0.378 e. The molecular weight excluding hydrogens is 465 g/mol. The van der Waals surface area contributed by atoms with Crippen molar-refractivity contribution in [1.82, 2.24) is 24.9 Å². The van der Waals surface area contributed by atoms with E-state index < -0.39 is 0 Å². The van der Waals surface area contributed by atoms with Crippen LogP contribution in [0.25, 0.3) is 0 Å². The normalized spacial score (nSPS) is 25.8. The second-order valence-electron chi connectivity index (χ2n) is 8.89. The molecule has 10 heteroatoms. The summed E-state index contributed by atoms with van der Waals surface area (Å²) in [7, 11) is 0. The van der Waals surface area contributed by atoms with Crippen molar-refractivity contribution in [3.63, 3.8) is 0 Å². The quantitative estimate of drug-likeness (QED) is 0.710. The van der Waals surface area contributed by atoms with Gasteiger partial charge < -0.3 is 14.5 Å². The van der Waals surface area contributed by atoms with Crippen LogP contribution in [0.4, 0.5) is 0 Å². The van der Waals surface area contributed by atoms with Crippen LogP contribution in [-0.2, 0) is 16.0 Å². The number of amides is 2. The van der Waals surface area contributed by atoms with E-state index in [1.54, 1.807) is 24.4 Å². The van der Waals surface area contributed by atoms with E-state index in [0.29, 0.717) is 42.0 Å². The van der Waals surface area contributed by atoms with Crippen molar-refractivity contribution in [2.45, 2.75) is 37.4 Å². The predicted molar refractivity (Wildman–Crippen MR) is 124 cm³/mol. The lowest BCUT2D eigenvalue weighted by Gasteiger charge is -2.54. The Labute approximate surface area is 202 Å². The van der Waals surface area contributed by atoms with E-state index in [4.69, 9.17) is 27.9 Å². The molecule has 3 fully saturated rings. The van der Waals surface area contributed by atoms with Crippen LogP contribution < -0.4 is 0 Å². The Morgan fingerprint density at radius 3 is 2.48 bits per heavy atom. The molecule has 1 N–H and O–H groups in total. The number of aromatic amines is 1. The molecule has 3 atom stereocenters. The number of nitrogens with zero attached hydrogens (tertiary/aromatic N) is 4. The fraction of sp³-hybridized carbons (Fsp3) is 0.522. The topological polar surface area (TPSA) is 81.8 Å². The van der Waals surface area contributed by atoms with Gasteiger partial charge in [0.25, 0.3) is 5.91 Å². The van der Waals surface area contributed by atoms with Crippen molar-refractivity contribution >= 4 is 35.0 Å². The minimum absolute atomic E-state index is 0.0307. The van der Waals surface area contributed by atoms with Gasteiger partial charge in [0, 0.05) is 19.3 Å². The number of rotatable bonds is 4. The Hall–Kier alpha value is -2.13. The predicted octanol–water partition coefficient (Wildman–Crippen LogP) is 2.48. The Morgan fingerprint density at radius 2 is 1.76 bits per heavy atom. The van der Waals surface area contributed by atoms with Gasteiger partial charge in [-0.3, -0.25) is 19.6 Å². The van der Waals surface area contributed by atoms with Gasteiger partial charge in [0.05, 0.1) is 47.8 Å². The van der Waals surface area contributed by atoms with E-state index in [1.165, 1.54) is 0 Å². The Kier molecular flexibility index (Phi) is 6.60. The van der Waals surface area contributed by atoms with Gasteiger partial charge in [-0.1, -0.05) is 29.3 Å². The van der Waals surface area contributed by atoms with Crippen LogP contribution in [0.5, 0.6) is 0 Å². The third-order valence-corrected chi connectivity index (χ3v) is 7.71. The summed E-state index contributed by atoms with van der Waals surface area (Å²) >= 11 is 12.2. The fourth-order valence-electron chi connectivity index (χ4n) is 5.38. The van der Waals surface area contributed by atoms with Crippen molar-refractivity contribution in [3.05, 3.63) is 51.8 Å². The summed E-state index contributed by atoms with van der Waals surface area (Å²) in [5, 5.41) is 7.61. The third kappa shape index (κ3) is 4.49. The average Bonchev–Trinajstić information content (AvgIpc) is 3.54. The van der Waals surface area contributed by atoms with Crippen LogP contribution in [0, 0.1) is 0 Å². The summed E-state index contributed by atoms with van der Waals surface area (Å²) in [5.41, 5.74) is 1.28. The highest BCUT2D eigenvalue weighted by atomic mass is 35.5. The smallest absolute Gasteiger partial charge is 0.272 e. The van der Waals surface area contributed by atoms with E-state index in [2.05, 4.69) is 15.1 Å². The van der Waals surface area contributed by atoms with Crippen LogP contribution in [-0.4, -0.2) is 94.2 Å². The monoisotopic (exact) mass is 491 g/mol. The van der Waals surface area contributed by atoms with Gasteiger partial charge in [-0.15, -0.1) is 0 Å². The number of H-pyrrole nitrogens is 1. The highest BCUT2D eigenvalue weighted by Gasteiger charge is 2.49. The summed E-state index contributed by atoms with van der Waals surface area (Å²) in [4.78, 5) is 33.0. The van der Waals surface area contributed by atoms with Gasteiger partial charge in [-0.2, -0.15) is 5.10 Å². The van der Waals surface area contributed by atoms with Gasteiger partial charge in [0.15, 0.2) is 0 Å². The zero-order chi connectivity index (χ0) is 22.9. The van der Waals surface area contributed by atoms with Gasteiger partial charge >= 0.3 is 0 Å². The molecule has 1 aromatic heterocycles. The molecule has 0 spiro atoms. The summed E-state index contributed by atoms with van der Waals surface area (Å²) in [6.07, 6.45) is 4.10. The Balaban J connectivity index is 1.42. The van der Waals surface area contributed by atoms with Gasteiger partial charge in [0.1, 0.15) is 5.69 Å². The van der Waals surface area contributed by atoms with Crippen LogP contribution in [0.3, 0.4) is 0 Å². The van der Waals surface area contributed by atoms with E-state index in [-0.39, 0.29) is 36.4 Å². The molecule has 4 heterocycles. The number of carbonyl (C=O) groups excluding carboxylic acids is 2. The zero-order valence-corrected chi connectivity index (χ0v) is 19.8. The summed E-state index contributed by atoms with van der Waals surface area (Å²) < 4.78 is 6.01. The van der Waals surface area contributed by atoms with Crippen LogP contribution >= 0.6 is 23.2 Å². The summed E-state index contributed by atoms with van der Waals surface area (Å²) in [5.74, 6) is -0.0760.